The number of aromatic amines is 1. The molecule has 0 bridgehead atoms. The van der Waals surface area contributed by atoms with Crippen LogP contribution in [0.3, 0.4) is 0 Å². The number of carbonyl (C=O) groups excluding carboxylic acids is 2. The number of thiophene rings is 1. The van der Waals surface area contributed by atoms with Crippen LogP contribution in [-0.2, 0) is 14.8 Å². The Morgan fingerprint density at radius 1 is 1.27 bits per heavy atom. The maximum Gasteiger partial charge on any atom is 0.273 e. The van der Waals surface area contributed by atoms with Gasteiger partial charge in [0.1, 0.15) is 9.96 Å². The molecule has 0 aliphatic carbocycles. The van der Waals surface area contributed by atoms with E-state index in [2.05, 4.69) is 15.5 Å². The third-order valence-electron chi connectivity index (χ3n) is 4.13. The van der Waals surface area contributed by atoms with Crippen molar-refractivity contribution in [3.63, 3.8) is 0 Å². The Morgan fingerprint density at radius 2 is 1.97 bits per heavy atom. The van der Waals surface area contributed by atoms with Crippen LogP contribution in [0.15, 0.2) is 46.0 Å². The second kappa shape index (κ2) is 8.55. The molecular formula is C18H19N5O5S2. The molecule has 0 radical (unpaired) electrons. The second-order valence-electron chi connectivity index (χ2n) is 6.17. The number of amides is 2. The maximum atomic E-state index is 12.6. The van der Waals surface area contributed by atoms with Gasteiger partial charge in [-0.2, -0.15) is 5.10 Å². The SMILES string of the molecule is Cc1[nH]nc(C(N)=O)c1NC(=O)COc1ccc(N(C)S(=O)(=O)c2cccs2)cc1. The third-order valence-corrected chi connectivity index (χ3v) is 7.28. The lowest BCUT2D eigenvalue weighted by atomic mass is 10.3. The molecule has 2 heterocycles. The predicted octanol–water partition coefficient (Wildman–Crippen LogP) is 1.72. The summed E-state index contributed by atoms with van der Waals surface area (Å²) in [7, 11) is -2.17. The van der Waals surface area contributed by atoms with Gasteiger partial charge in [-0.05, 0) is 42.6 Å². The summed E-state index contributed by atoms with van der Waals surface area (Å²) in [6.45, 7) is 1.31. The fraction of sp³-hybridized carbons (Fsp3) is 0.167. The van der Waals surface area contributed by atoms with Crippen molar-refractivity contribution in [3.8, 4) is 5.75 Å². The van der Waals surface area contributed by atoms with Crippen molar-refractivity contribution in [2.45, 2.75) is 11.1 Å². The first-order valence-electron chi connectivity index (χ1n) is 8.60. The third kappa shape index (κ3) is 4.44. The number of anilines is 2. The number of aromatic nitrogens is 2. The molecular weight excluding hydrogens is 430 g/mol. The van der Waals surface area contributed by atoms with Crippen LogP contribution in [0.2, 0.25) is 0 Å². The van der Waals surface area contributed by atoms with Crippen molar-refractivity contribution in [2.75, 3.05) is 23.3 Å². The highest BCUT2D eigenvalue weighted by atomic mass is 32.2. The minimum absolute atomic E-state index is 0.0693. The minimum Gasteiger partial charge on any atom is -0.484 e. The van der Waals surface area contributed by atoms with Gasteiger partial charge >= 0.3 is 0 Å². The van der Waals surface area contributed by atoms with Crippen molar-refractivity contribution in [1.82, 2.24) is 10.2 Å². The lowest BCUT2D eigenvalue weighted by Crippen LogP contribution is -2.25. The molecule has 12 heteroatoms. The molecule has 0 saturated heterocycles. The largest absolute Gasteiger partial charge is 0.484 e. The van der Waals surface area contributed by atoms with E-state index in [4.69, 9.17) is 10.5 Å². The van der Waals surface area contributed by atoms with Gasteiger partial charge in [0.25, 0.3) is 21.8 Å². The van der Waals surface area contributed by atoms with Gasteiger partial charge in [-0.15, -0.1) is 11.3 Å². The van der Waals surface area contributed by atoms with Crippen LogP contribution in [0.4, 0.5) is 11.4 Å². The zero-order valence-corrected chi connectivity index (χ0v) is 17.7. The summed E-state index contributed by atoms with van der Waals surface area (Å²) in [4.78, 5) is 23.5. The number of hydrogen-bond acceptors (Lipinski definition) is 7. The molecule has 30 heavy (non-hydrogen) atoms. The van der Waals surface area contributed by atoms with Gasteiger partial charge in [-0.3, -0.25) is 19.0 Å². The fourth-order valence-corrected chi connectivity index (χ4v) is 4.88. The Hall–Kier alpha value is -3.38. The van der Waals surface area contributed by atoms with Gasteiger partial charge in [-0.1, -0.05) is 6.07 Å². The van der Waals surface area contributed by atoms with Crippen molar-refractivity contribution >= 4 is 44.5 Å². The summed E-state index contributed by atoms with van der Waals surface area (Å²) in [5, 5.41) is 10.5. The van der Waals surface area contributed by atoms with Crippen molar-refractivity contribution in [2.24, 2.45) is 5.73 Å². The average Bonchev–Trinajstić information content (AvgIpc) is 3.37. The smallest absolute Gasteiger partial charge is 0.273 e. The van der Waals surface area contributed by atoms with Gasteiger partial charge < -0.3 is 15.8 Å². The molecule has 158 valence electrons. The number of rotatable bonds is 8. The van der Waals surface area contributed by atoms with Crippen LogP contribution < -0.4 is 20.1 Å². The monoisotopic (exact) mass is 449 g/mol. The highest BCUT2D eigenvalue weighted by molar-refractivity contribution is 7.94. The first-order chi connectivity index (χ1) is 14.2. The summed E-state index contributed by atoms with van der Waals surface area (Å²) in [5.74, 6) is -0.911. The Kier molecular flexibility index (Phi) is 6.08. The summed E-state index contributed by atoms with van der Waals surface area (Å²) in [6.07, 6.45) is 0. The quantitative estimate of drug-likeness (QED) is 0.477. The molecule has 0 aliphatic rings. The van der Waals surface area contributed by atoms with Crippen LogP contribution in [0.1, 0.15) is 16.2 Å². The zero-order valence-electron chi connectivity index (χ0n) is 16.1. The standard InChI is InChI=1S/C18H19N5O5S2/c1-11-16(17(18(19)25)22-21-11)20-14(24)10-28-13-7-5-12(6-8-13)23(2)30(26,27)15-4-3-9-29-15/h3-9H,10H2,1-2H3,(H2,19,25)(H,20,24)(H,21,22). The van der Waals surface area contributed by atoms with E-state index in [0.29, 0.717) is 17.1 Å². The number of aryl methyl sites for hydroxylation is 1. The normalized spacial score (nSPS) is 11.1. The summed E-state index contributed by atoms with van der Waals surface area (Å²) in [6, 6.07) is 9.47. The van der Waals surface area contributed by atoms with Crippen LogP contribution >= 0.6 is 11.3 Å². The number of nitrogens with one attached hydrogen (secondary N) is 2. The molecule has 3 rings (SSSR count). The summed E-state index contributed by atoms with van der Waals surface area (Å²) < 4.78 is 32.0. The van der Waals surface area contributed by atoms with Crippen LogP contribution in [0.25, 0.3) is 0 Å². The van der Waals surface area contributed by atoms with Gasteiger partial charge in [-0.25, -0.2) is 8.42 Å². The molecule has 10 nitrogen and oxygen atoms in total. The number of nitrogens with two attached hydrogens (primary N) is 1. The number of hydrogen-bond donors (Lipinski definition) is 3. The number of ether oxygens (including phenoxy) is 1. The number of nitrogens with zero attached hydrogens (tertiary/aromatic N) is 2. The van der Waals surface area contributed by atoms with E-state index >= 15 is 0 Å². The van der Waals surface area contributed by atoms with Crippen molar-refractivity contribution < 1.29 is 22.7 Å². The molecule has 0 aliphatic heterocycles. The highest BCUT2D eigenvalue weighted by Crippen LogP contribution is 2.26. The van der Waals surface area contributed by atoms with Crippen molar-refractivity contribution in [3.05, 3.63) is 53.2 Å². The van der Waals surface area contributed by atoms with E-state index in [9.17, 15) is 18.0 Å². The Morgan fingerprint density at radius 3 is 2.57 bits per heavy atom. The van der Waals surface area contributed by atoms with Gasteiger partial charge in [0, 0.05) is 7.05 Å². The van der Waals surface area contributed by atoms with Crippen LogP contribution in [-0.4, -0.2) is 44.1 Å². The van der Waals surface area contributed by atoms with Gasteiger partial charge in [0.2, 0.25) is 0 Å². The van der Waals surface area contributed by atoms with E-state index in [1.165, 1.54) is 17.4 Å². The first-order valence-corrected chi connectivity index (χ1v) is 10.9. The van der Waals surface area contributed by atoms with Crippen LogP contribution in [0.5, 0.6) is 5.75 Å². The Balaban J connectivity index is 1.62. The number of primary amides is 1. The molecule has 0 atom stereocenters. The van der Waals surface area contributed by atoms with E-state index < -0.39 is 21.8 Å². The lowest BCUT2D eigenvalue weighted by Gasteiger charge is -2.18. The summed E-state index contributed by atoms with van der Waals surface area (Å²) >= 11 is 1.14. The van der Waals surface area contributed by atoms with E-state index in [1.54, 1.807) is 42.6 Å². The number of H-pyrrole nitrogens is 1. The molecule has 0 saturated carbocycles. The molecule has 2 aromatic heterocycles. The second-order valence-corrected chi connectivity index (χ2v) is 9.32. The molecule has 4 N–H and O–H groups in total. The Labute approximate surface area is 176 Å². The van der Waals surface area contributed by atoms with Gasteiger partial charge in [0.05, 0.1) is 17.1 Å². The first kappa shape index (κ1) is 21.3. The zero-order chi connectivity index (χ0) is 21.9. The molecule has 2 amide bonds. The minimum atomic E-state index is -3.63. The average molecular weight is 450 g/mol. The van der Waals surface area contributed by atoms with E-state index in [-0.39, 0.29) is 22.2 Å². The van der Waals surface area contributed by atoms with E-state index in [1.807, 2.05) is 0 Å². The fourth-order valence-electron chi connectivity index (χ4n) is 2.52. The number of sulfonamides is 1. The maximum absolute atomic E-state index is 12.6. The molecule has 0 fully saturated rings. The number of carbonyl (C=O) groups is 2. The molecule has 1 aromatic carbocycles. The Bertz CT molecular complexity index is 1150. The topological polar surface area (TPSA) is 147 Å². The highest BCUT2D eigenvalue weighted by Gasteiger charge is 2.22. The van der Waals surface area contributed by atoms with E-state index in [0.717, 1.165) is 11.3 Å². The van der Waals surface area contributed by atoms with Crippen molar-refractivity contribution in [1.29, 1.82) is 0 Å². The molecule has 0 spiro atoms. The van der Waals surface area contributed by atoms with Gasteiger partial charge in [0.15, 0.2) is 12.3 Å². The predicted molar refractivity (Wildman–Crippen MR) is 112 cm³/mol. The molecule has 0 unspecified atom stereocenters. The lowest BCUT2D eigenvalue weighted by molar-refractivity contribution is -0.118. The summed E-state index contributed by atoms with van der Waals surface area (Å²) in [5.41, 5.74) is 6.28. The van der Waals surface area contributed by atoms with Crippen LogP contribution in [0, 0.1) is 6.92 Å². The number of benzene rings is 1. The molecule has 3 aromatic rings.